The fraction of sp³-hybridized carbons (Fsp3) is 0.667. The van der Waals surface area contributed by atoms with Gasteiger partial charge in [-0.1, -0.05) is 19.3 Å². The lowest BCUT2D eigenvalue weighted by Gasteiger charge is -2.38. The van der Waals surface area contributed by atoms with E-state index in [2.05, 4.69) is 15.3 Å². The van der Waals surface area contributed by atoms with Crippen LogP contribution in [-0.4, -0.2) is 47.6 Å². The summed E-state index contributed by atoms with van der Waals surface area (Å²) < 4.78 is 4.99. The summed E-state index contributed by atoms with van der Waals surface area (Å²) in [6.07, 6.45) is 9.41. The number of ether oxygens (including phenoxy) is 1. The number of hydrogen-bond donors (Lipinski definition) is 1. The predicted octanol–water partition coefficient (Wildman–Crippen LogP) is 1.69. The second kappa shape index (κ2) is 7.80. The topological polar surface area (TPSA) is 84.4 Å². The van der Waals surface area contributed by atoms with Crippen LogP contribution in [0.4, 0.5) is 5.95 Å². The van der Waals surface area contributed by atoms with Gasteiger partial charge in [0.2, 0.25) is 11.9 Å². The first kappa shape index (κ1) is 17.6. The third kappa shape index (κ3) is 3.91. The molecule has 1 saturated heterocycles. The Labute approximate surface area is 148 Å². The minimum absolute atomic E-state index is 0.0621. The average molecular weight is 346 g/mol. The molecule has 1 aliphatic heterocycles. The van der Waals surface area contributed by atoms with Crippen LogP contribution in [0.25, 0.3) is 0 Å². The van der Waals surface area contributed by atoms with Gasteiger partial charge in [0.25, 0.3) is 0 Å². The Morgan fingerprint density at radius 2 is 1.92 bits per heavy atom. The van der Waals surface area contributed by atoms with Gasteiger partial charge >= 0.3 is 5.97 Å². The van der Waals surface area contributed by atoms with Crippen molar-refractivity contribution >= 4 is 17.8 Å². The largest absolute Gasteiger partial charge is 0.467 e. The number of esters is 1. The molecule has 136 valence electrons. The molecule has 1 saturated carbocycles. The van der Waals surface area contributed by atoms with Crippen LogP contribution in [0.15, 0.2) is 18.5 Å². The molecule has 0 spiro atoms. The van der Waals surface area contributed by atoms with E-state index in [-0.39, 0.29) is 17.8 Å². The number of nitrogens with zero attached hydrogens (tertiary/aromatic N) is 3. The van der Waals surface area contributed by atoms with Gasteiger partial charge in [0, 0.05) is 25.5 Å². The summed E-state index contributed by atoms with van der Waals surface area (Å²) in [6.45, 7) is 1.42. The standard InChI is InChI=1S/C18H26N4O3/c1-25-16(24)18(8-3-2-4-9-18)21-15(23)14-7-5-12-22(13-14)17-19-10-6-11-20-17/h6,10-11,14H,2-5,7-9,12-13H2,1H3,(H,21,23)/t14-/m0/s1. The highest BCUT2D eigenvalue weighted by atomic mass is 16.5. The normalized spacial score (nSPS) is 22.9. The van der Waals surface area contributed by atoms with Crippen molar-refractivity contribution in [2.75, 3.05) is 25.1 Å². The van der Waals surface area contributed by atoms with E-state index in [1.807, 2.05) is 4.90 Å². The zero-order chi connectivity index (χ0) is 17.7. The van der Waals surface area contributed by atoms with Crippen LogP contribution in [-0.2, 0) is 14.3 Å². The molecule has 3 rings (SSSR count). The van der Waals surface area contributed by atoms with Crippen molar-refractivity contribution in [2.45, 2.75) is 50.5 Å². The molecule has 1 aliphatic carbocycles. The lowest BCUT2D eigenvalue weighted by atomic mass is 9.81. The molecule has 1 amide bonds. The first-order valence-corrected chi connectivity index (χ1v) is 9.07. The summed E-state index contributed by atoms with van der Waals surface area (Å²) in [4.78, 5) is 35.8. The van der Waals surface area contributed by atoms with Gasteiger partial charge in [-0.3, -0.25) is 4.79 Å². The molecule has 7 heteroatoms. The first-order chi connectivity index (χ1) is 12.1. The highest BCUT2D eigenvalue weighted by Crippen LogP contribution is 2.30. The van der Waals surface area contributed by atoms with Crippen LogP contribution in [0.2, 0.25) is 0 Å². The third-order valence-electron chi connectivity index (χ3n) is 5.27. The minimum atomic E-state index is -0.852. The summed E-state index contributed by atoms with van der Waals surface area (Å²) in [5.74, 6) is 0.105. The number of hydrogen-bond acceptors (Lipinski definition) is 6. The molecule has 7 nitrogen and oxygen atoms in total. The van der Waals surface area contributed by atoms with Crippen LogP contribution >= 0.6 is 0 Å². The monoisotopic (exact) mass is 346 g/mol. The Bertz CT molecular complexity index is 602. The fourth-order valence-corrected chi connectivity index (χ4v) is 3.90. The Morgan fingerprint density at radius 3 is 2.60 bits per heavy atom. The molecule has 1 N–H and O–H groups in total. The van der Waals surface area contributed by atoms with Gasteiger partial charge < -0.3 is 15.0 Å². The summed E-state index contributed by atoms with van der Waals surface area (Å²) in [5.41, 5.74) is -0.852. The Balaban J connectivity index is 1.68. The molecule has 2 heterocycles. The fourth-order valence-electron chi connectivity index (χ4n) is 3.90. The Morgan fingerprint density at radius 1 is 1.20 bits per heavy atom. The van der Waals surface area contributed by atoms with Crippen LogP contribution in [0.3, 0.4) is 0 Å². The third-order valence-corrected chi connectivity index (χ3v) is 5.27. The highest BCUT2D eigenvalue weighted by molar-refractivity contribution is 5.89. The first-order valence-electron chi connectivity index (χ1n) is 9.07. The smallest absolute Gasteiger partial charge is 0.331 e. The van der Waals surface area contributed by atoms with Gasteiger partial charge in [-0.25, -0.2) is 14.8 Å². The highest BCUT2D eigenvalue weighted by Gasteiger charge is 2.43. The van der Waals surface area contributed by atoms with Crippen molar-refractivity contribution in [3.63, 3.8) is 0 Å². The van der Waals surface area contributed by atoms with E-state index in [0.717, 1.165) is 38.6 Å². The molecular formula is C18H26N4O3. The molecular weight excluding hydrogens is 320 g/mol. The van der Waals surface area contributed by atoms with Crippen LogP contribution in [0.5, 0.6) is 0 Å². The van der Waals surface area contributed by atoms with E-state index >= 15 is 0 Å². The number of amides is 1. The summed E-state index contributed by atoms with van der Waals surface area (Å²) in [7, 11) is 1.39. The van der Waals surface area contributed by atoms with E-state index in [4.69, 9.17) is 4.74 Å². The van der Waals surface area contributed by atoms with E-state index in [0.29, 0.717) is 25.3 Å². The van der Waals surface area contributed by atoms with Crippen molar-refractivity contribution in [3.05, 3.63) is 18.5 Å². The number of methoxy groups -OCH3 is 1. The van der Waals surface area contributed by atoms with Crippen molar-refractivity contribution in [3.8, 4) is 0 Å². The molecule has 1 atom stereocenters. The van der Waals surface area contributed by atoms with Crippen molar-refractivity contribution < 1.29 is 14.3 Å². The molecule has 2 fully saturated rings. The molecule has 1 aromatic rings. The van der Waals surface area contributed by atoms with Crippen molar-refractivity contribution in [1.82, 2.24) is 15.3 Å². The zero-order valence-electron chi connectivity index (χ0n) is 14.7. The molecule has 0 unspecified atom stereocenters. The number of piperidine rings is 1. The molecule has 0 radical (unpaired) electrons. The second-order valence-corrected chi connectivity index (χ2v) is 6.96. The van der Waals surface area contributed by atoms with Crippen LogP contribution in [0, 0.1) is 5.92 Å². The minimum Gasteiger partial charge on any atom is -0.467 e. The molecule has 1 aromatic heterocycles. The van der Waals surface area contributed by atoms with Gasteiger partial charge in [0.1, 0.15) is 5.54 Å². The van der Waals surface area contributed by atoms with Gasteiger partial charge in [0.05, 0.1) is 13.0 Å². The molecule has 25 heavy (non-hydrogen) atoms. The number of anilines is 1. The molecule has 2 aliphatic rings. The van der Waals surface area contributed by atoms with Gasteiger partial charge in [-0.2, -0.15) is 0 Å². The van der Waals surface area contributed by atoms with E-state index in [9.17, 15) is 9.59 Å². The Hall–Kier alpha value is -2.18. The molecule has 0 bridgehead atoms. The summed E-state index contributed by atoms with van der Waals surface area (Å²) in [5, 5.41) is 3.04. The van der Waals surface area contributed by atoms with Crippen LogP contribution < -0.4 is 10.2 Å². The molecule has 0 aromatic carbocycles. The number of aromatic nitrogens is 2. The second-order valence-electron chi connectivity index (χ2n) is 6.96. The number of carbonyl (C=O) groups excluding carboxylic acids is 2. The Kier molecular flexibility index (Phi) is 5.50. The lowest BCUT2D eigenvalue weighted by Crippen LogP contribution is -2.58. The summed E-state index contributed by atoms with van der Waals surface area (Å²) >= 11 is 0. The average Bonchev–Trinajstić information content (AvgIpc) is 2.68. The maximum Gasteiger partial charge on any atom is 0.331 e. The number of carbonyl (C=O) groups is 2. The van der Waals surface area contributed by atoms with E-state index in [1.165, 1.54) is 7.11 Å². The maximum atomic E-state index is 12.9. The van der Waals surface area contributed by atoms with Crippen LogP contribution in [0.1, 0.15) is 44.9 Å². The van der Waals surface area contributed by atoms with Gasteiger partial charge in [-0.15, -0.1) is 0 Å². The van der Waals surface area contributed by atoms with Crippen molar-refractivity contribution in [2.24, 2.45) is 5.92 Å². The predicted molar refractivity (Wildman–Crippen MR) is 92.9 cm³/mol. The quantitative estimate of drug-likeness (QED) is 0.835. The maximum absolute atomic E-state index is 12.9. The van der Waals surface area contributed by atoms with Gasteiger partial charge in [0.15, 0.2) is 0 Å². The zero-order valence-corrected chi connectivity index (χ0v) is 14.7. The summed E-state index contributed by atoms with van der Waals surface area (Å²) in [6, 6.07) is 1.78. The lowest BCUT2D eigenvalue weighted by molar-refractivity contribution is -0.153. The number of nitrogens with one attached hydrogen (secondary N) is 1. The number of rotatable bonds is 4. The van der Waals surface area contributed by atoms with Crippen molar-refractivity contribution in [1.29, 1.82) is 0 Å². The van der Waals surface area contributed by atoms with E-state index < -0.39 is 5.54 Å². The SMILES string of the molecule is COC(=O)C1(NC(=O)[C@H]2CCCN(c3ncccn3)C2)CCCCC1. The van der Waals surface area contributed by atoms with E-state index in [1.54, 1.807) is 18.5 Å². The van der Waals surface area contributed by atoms with Gasteiger partial charge in [-0.05, 0) is 31.7 Å².